The summed E-state index contributed by atoms with van der Waals surface area (Å²) >= 11 is 6.28. The molecular formula is C15H10ClN3O. The molecule has 2 heterocycles. The van der Waals surface area contributed by atoms with Gasteiger partial charge in [-0.05, 0) is 18.2 Å². The minimum Gasteiger partial charge on any atom is -0.478 e. The van der Waals surface area contributed by atoms with Gasteiger partial charge in [0.1, 0.15) is 17.1 Å². The molecule has 1 N–H and O–H groups in total. The fourth-order valence-electron chi connectivity index (χ4n) is 2.47. The number of para-hydroxylation sites is 1. The lowest BCUT2D eigenvalue weighted by Gasteiger charge is -2.25. The molecule has 0 saturated carbocycles. The van der Waals surface area contributed by atoms with Crippen LogP contribution in [-0.4, -0.2) is 15.4 Å². The molecule has 0 fully saturated rings. The van der Waals surface area contributed by atoms with Crippen molar-refractivity contribution < 1.29 is 4.74 Å². The zero-order valence-corrected chi connectivity index (χ0v) is 11.1. The average molecular weight is 284 g/mol. The van der Waals surface area contributed by atoms with Gasteiger partial charge < -0.3 is 4.74 Å². The van der Waals surface area contributed by atoms with E-state index in [0.717, 1.165) is 28.3 Å². The van der Waals surface area contributed by atoms with Crippen molar-refractivity contribution in [3.05, 3.63) is 64.8 Å². The normalized spacial score (nSPS) is 16.1. The number of aromatic amines is 1. The predicted molar refractivity (Wildman–Crippen MR) is 75.7 cm³/mol. The molecule has 1 atom stereocenters. The molecule has 5 heteroatoms. The zero-order valence-electron chi connectivity index (χ0n) is 10.4. The van der Waals surface area contributed by atoms with Gasteiger partial charge in [0.15, 0.2) is 6.10 Å². The summed E-state index contributed by atoms with van der Waals surface area (Å²) in [6.45, 7) is 0. The number of H-pyrrole nitrogens is 1. The second-order valence-electron chi connectivity index (χ2n) is 4.57. The Hall–Kier alpha value is -2.33. The van der Waals surface area contributed by atoms with Gasteiger partial charge in [-0.3, -0.25) is 0 Å². The van der Waals surface area contributed by atoms with Crippen LogP contribution in [0.3, 0.4) is 0 Å². The summed E-state index contributed by atoms with van der Waals surface area (Å²) in [7, 11) is 0. The number of halogens is 1. The molecule has 0 bridgehead atoms. The van der Waals surface area contributed by atoms with Crippen molar-refractivity contribution in [1.82, 2.24) is 15.4 Å². The molecule has 2 aromatic carbocycles. The van der Waals surface area contributed by atoms with Crippen LogP contribution in [0.4, 0.5) is 0 Å². The molecule has 20 heavy (non-hydrogen) atoms. The minimum atomic E-state index is -0.340. The van der Waals surface area contributed by atoms with Crippen molar-refractivity contribution in [2.24, 2.45) is 0 Å². The molecular weight excluding hydrogens is 274 g/mol. The Balaban J connectivity index is 1.92. The third-order valence-corrected chi connectivity index (χ3v) is 3.74. The van der Waals surface area contributed by atoms with Crippen LogP contribution in [0.15, 0.2) is 48.5 Å². The molecule has 1 unspecified atom stereocenters. The number of hydrogen-bond donors (Lipinski definition) is 1. The van der Waals surface area contributed by atoms with E-state index >= 15 is 0 Å². The van der Waals surface area contributed by atoms with Gasteiger partial charge in [-0.1, -0.05) is 41.9 Å². The van der Waals surface area contributed by atoms with Crippen molar-refractivity contribution in [2.75, 3.05) is 0 Å². The third kappa shape index (κ3) is 1.62. The Morgan fingerprint density at radius 1 is 1.00 bits per heavy atom. The Bertz CT molecular complexity index is 784. The number of aromatic nitrogens is 3. The quantitative estimate of drug-likeness (QED) is 0.742. The molecule has 4 rings (SSSR count). The van der Waals surface area contributed by atoms with Crippen LogP contribution in [0.2, 0.25) is 5.02 Å². The highest BCUT2D eigenvalue weighted by molar-refractivity contribution is 6.31. The van der Waals surface area contributed by atoms with E-state index in [1.807, 2.05) is 48.5 Å². The van der Waals surface area contributed by atoms with E-state index in [-0.39, 0.29) is 6.10 Å². The standard InChI is InChI=1S/C15H10ClN3O/c16-11-7-3-1-5-9(11)15-14-13(17-19-18-14)10-6-2-4-8-12(10)20-15/h1-8,15H,(H,17,18,19). The monoisotopic (exact) mass is 283 g/mol. The van der Waals surface area contributed by atoms with Gasteiger partial charge in [-0.2, -0.15) is 15.4 Å². The van der Waals surface area contributed by atoms with E-state index in [4.69, 9.17) is 16.3 Å². The number of rotatable bonds is 1. The van der Waals surface area contributed by atoms with E-state index < -0.39 is 0 Å². The van der Waals surface area contributed by atoms with Crippen molar-refractivity contribution in [2.45, 2.75) is 6.10 Å². The van der Waals surface area contributed by atoms with Crippen LogP contribution < -0.4 is 4.74 Å². The van der Waals surface area contributed by atoms with Gasteiger partial charge in [-0.15, -0.1) is 0 Å². The van der Waals surface area contributed by atoms with E-state index in [2.05, 4.69) is 15.4 Å². The molecule has 0 saturated heterocycles. The number of ether oxygens (including phenoxy) is 1. The summed E-state index contributed by atoms with van der Waals surface area (Å²) < 4.78 is 6.08. The van der Waals surface area contributed by atoms with Gasteiger partial charge in [0.25, 0.3) is 0 Å². The second kappa shape index (κ2) is 4.35. The van der Waals surface area contributed by atoms with Gasteiger partial charge in [-0.25, -0.2) is 0 Å². The van der Waals surface area contributed by atoms with Crippen molar-refractivity contribution >= 4 is 11.6 Å². The third-order valence-electron chi connectivity index (χ3n) is 3.40. The van der Waals surface area contributed by atoms with Crippen molar-refractivity contribution in [3.8, 4) is 17.0 Å². The first-order valence-electron chi connectivity index (χ1n) is 6.26. The lowest BCUT2D eigenvalue weighted by molar-refractivity contribution is 0.238. The highest BCUT2D eigenvalue weighted by Gasteiger charge is 2.31. The van der Waals surface area contributed by atoms with Gasteiger partial charge in [0.2, 0.25) is 0 Å². The van der Waals surface area contributed by atoms with E-state index in [1.165, 1.54) is 0 Å². The maximum atomic E-state index is 6.28. The van der Waals surface area contributed by atoms with Crippen molar-refractivity contribution in [1.29, 1.82) is 0 Å². The molecule has 1 aliphatic heterocycles. The molecule has 0 amide bonds. The van der Waals surface area contributed by atoms with E-state index in [1.54, 1.807) is 0 Å². The first-order chi connectivity index (χ1) is 9.84. The maximum Gasteiger partial charge on any atom is 0.171 e. The topological polar surface area (TPSA) is 50.8 Å². The molecule has 4 nitrogen and oxygen atoms in total. The number of hydrogen-bond acceptors (Lipinski definition) is 3. The lowest BCUT2D eigenvalue weighted by Crippen LogP contribution is -2.15. The molecule has 0 spiro atoms. The number of nitrogens with one attached hydrogen (secondary N) is 1. The Labute approximate surface area is 120 Å². The number of benzene rings is 2. The summed E-state index contributed by atoms with van der Waals surface area (Å²) in [4.78, 5) is 0. The molecule has 1 aliphatic rings. The SMILES string of the molecule is Clc1ccccc1C1Oc2ccccc2-c2n[nH]nc21. The maximum absolute atomic E-state index is 6.28. The molecule has 98 valence electrons. The van der Waals surface area contributed by atoms with Crippen LogP contribution in [0.25, 0.3) is 11.3 Å². The Kier molecular flexibility index (Phi) is 2.50. The van der Waals surface area contributed by atoms with Gasteiger partial charge in [0, 0.05) is 16.1 Å². The largest absolute Gasteiger partial charge is 0.478 e. The second-order valence-corrected chi connectivity index (χ2v) is 4.98. The zero-order chi connectivity index (χ0) is 13.5. The summed E-state index contributed by atoms with van der Waals surface area (Å²) in [5, 5.41) is 11.8. The highest BCUT2D eigenvalue weighted by Crippen LogP contribution is 2.43. The first-order valence-corrected chi connectivity index (χ1v) is 6.63. The fourth-order valence-corrected chi connectivity index (χ4v) is 2.70. The van der Waals surface area contributed by atoms with Crippen LogP contribution in [0.1, 0.15) is 17.4 Å². The predicted octanol–water partition coefficient (Wildman–Crippen LogP) is 3.61. The van der Waals surface area contributed by atoms with E-state index in [0.29, 0.717) is 5.02 Å². The van der Waals surface area contributed by atoms with Crippen LogP contribution >= 0.6 is 11.6 Å². The van der Waals surface area contributed by atoms with E-state index in [9.17, 15) is 0 Å². The summed E-state index contributed by atoms with van der Waals surface area (Å²) in [6, 6.07) is 15.4. The van der Waals surface area contributed by atoms with Crippen LogP contribution in [-0.2, 0) is 0 Å². The van der Waals surface area contributed by atoms with Crippen molar-refractivity contribution in [3.63, 3.8) is 0 Å². The lowest BCUT2D eigenvalue weighted by atomic mass is 9.98. The molecule has 0 aliphatic carbocycles. The van der Waals surface area contributed by atoms with Crippen LogP contribution in [0.5, 0.6) is 5.75 Å². The summed E-state index contributed by atoms with van der Waals surface area (Å²) in [6.07, 6.45) is -0.340. The van der Waals surface area contributed by atoms with Gasteiger partial charge >= 0.3 is 0 Å². The smallest absolute Gasteiger partial charge is 0.171 e. The van der Waals surface area contributed by atoms with Gasteiger partial charge in [0.05, 0.1) is 0 Å². The minimum absolute atomic E-state index is 0.340. The van der Waals surface area contributed by atoms with Crippen LogP contribution in [0, 0.1) is 0 Å². The highest BCUT2D eigenvalue weighted by atomic mass is 35.5. The first kappa shape index (κ1) is 11.5. The number of fused-ring (bicyclic) bond motifs is 3. The Morgan fingerprint density at radius 2 is 1.80 bits per heavy atom. The number of nitrogens with zero attached hydrogens (tertiary/aromatic N) is 2. The fraction of sp³-hybridized carbons (Fsp3) is 0.0667. The molecule has 0 radical (unpaired) electrons. The molecule has 1 aromatic heterocycles. The molecule has 3 aromatic rings. The summed E-state index contributed by atoms with van der Waals surface area (Å²) in [5.74, 6) is 0.791. The Morgan fingerprint density at radius 3 is 2.70 bits per heavy atom. The summed E-state index contributed by atoms with van der Waals surface area (Å²) in [5.41, 5.74) is 3.41. The average Bonchev–Trinajstić information content (AvgIpc) is 2.97.